The number of benzene rings is 5. The maximum atomic E-state index is 13.7. The van der Waals surface area contributed by atoms with Gasteiger partial charge in [0, 0.05) is 0 Å². The average Bonchev–Trinajstić information content (AvgIpc) is 2.84. The van der Waals surface area contributed by atoms with Gasteiger partial charge in [-0.25, -0.2) is 0 Å². The van der Waals surface area contributed by atoms with Gasteiger partial charge in [0.15, 0.2) is 0 Å². The second-order valence-corrected chi connectivity index (χ2v) is 16.2. The Kier molecular flexibility index (Phi) is 5.44. The number of fused-ring (bicyclic) bond motifs is 1. The van der Waals surface area contributed by atoms with E-state index < -0.39 is 13.3 Å². The summed E-state index contributed by atoms with van der Waals surface area (Å²) in [4.78, 5) is 0. The quantitative estimate of drug-likeness (QED) is 0.314. The molecule has 5 rings (SSSR count). The molecule has 0 spiro atoms. The molecule has 150 valence electrons. The van der Waals surface area contributed by atoms with E-state index in [1.54, 1.807) is 12.1 Å². The van der Waals surface area contributed by atoms with E-state index in [9.17, 15) is 4.39 Å². The van der Waals surface area contributed by atoms with E-state index in [2.05, 4.69) is 109 Å². The molecule has 0 aromatic heterocycles. The van der Waals surface area contributed by atoms with Crippen LogP contribution in [-0.4, -0.2) is 13.3 Å². The molecular weight excluding hydrogens is 440 g/mol. The maximum absolute atomic E-state index is 13.7. The number of halogens is 1. The van der Waals surface area contributed by atoms with Crippen LogP contribution in [0.25, 0.3) is 10.8 Å². The molecule has 0 atom stereocenters. The van der Waals surface area contributed by atoms with E-state index in [0.29, 0.717) is 0 Å². The fourth-order valence-corrected chi connectivity index (χ4v) is 14.6. The molecule has 0 fully saturated rings. The van der Waals surface area contributed by atoms with Gasteiger partial charge in [0.1, 0.15) is 0 Å². The molecule has 0 unspecified atom stereocenters. The Labute approximate surface area is 185 Å². The van der Waals surface area contributed by atoms with Crippen molar-refractivity contribution in [2.45, 2.75) is 5.25 Å². The van der Waals surface area contributed by atoms with Gasteiger partial charge >= 0.3 is 186 Å². The third kappa shape index (κ3) is 3.82. The van der Waals surface area contributed by atoms with Crippen LogP contribution < -0.4 is 13.2 Å². The van der Waals surface area contributed by atoms with E-state index >= 15 is 0 Å². The van der Waals surface area contributed by atoms with Gasteiger partial charge < -0.3 is 0 Å². The summed E-state index contributed by atoms with van der Waals surface area (Å²) in [5.74, 6) is -0.190. The van der Waals surface area contributed by atoms with Crippen LogP contribution >= 0.6 is 0 Å². The van der Waals surface area contributed by atoms with Crippen LogP contribution in [0.2, 0.25) is 0 Å². The normalized spacial score (nSPS) is 11.5. The van der Waals surface area contributed by atoms with Crippen molar-refractivity contribution >= 4 is 37.2 Å². The van der Waals surface area contributed by atoms with Crippen LogP contribution in [0.5, 0.6) is 0 Å². The van der Waals surface area contributed by atoms with Gasteiger partial charge in [-0.2, -0.15) is 0 Å². The minimum atomic E-state index is -3.04. The summed E-state index contributed by atoms with van der Waals surface area (Å²) in [6.45, 7) is 0. The van der Waals surface area contributed by atoms with E-state index in [1.807, 2.05) is 6.07 Å². The van der Waals surface area contributed by atoms with Crippen LogP contribution in [0.1, 0.15) is 5.56 Å². The van der Waals surface area contributed by atoms with Gasteiger partial charge in [-0.1, -0.05) is 0 Å². The number of rotatable bonds is 5. The Morgan fingerprint density at radius 3 is 1.45 bits per heavy atom. The van der Waals surface area contributed by atoms with Crippen molar-refractivity contribution in [1.29, 1.82) is 0 Å². The van der Waals surface area contributed by atoms with Crippen molar-refractivity contribution < 1.29 is 4.39 Å². The molecule has 0 heterocycles. The van der Waals surface area contributed by atoms with Gasteiger partial charge in [-0.05, 0) is 0 Å². The van der Waals surface area contributed by atoms with Gasteiger partial charge in [0.05, 0.1) is 0 Å². The van der Waals surface area contributed by atoms with Gasteiger partial charge in [0.2, 0.25) is 0 Å². The Morgan fingerprint density at radius 2 is 0.935 bits per heavy atom. The summed E-state index contributed by atoms with van der Waals surface area (Å²) in [6, 6.07) is 44.6. The molecule has 0 aliphatic carbocycles. The standard InChI is InChI=1S/C29H23FGe/c30-26-19-18-24-20-23(16-17-25(24)21-26)22-31(27-10-4-1-5-11-27,28-12-6-2-7-13-28)29-14-8-3-9-15-29/h1-21H,22H2. The predicted molar refractivity (Wildman–Crippen MR) is 132 cm³/mol. The first-order chi connectivity index (χ1) is 15.3. The first-order valence-corrected chi connectivity index (χ1v) is 15.2. The average molecular weight is 463 g/mol. The third-order valence-electron chi connectivity index (χ3n) is 6.14. The summed E-state index contributed by atoms with van der Waals surface area (Å²) in [7, 11) is 0. The van der Waals surface area contributed by atoms with E-state index in [0.717, 1.165) is 16.0 Å². The van der Waals surface area contributed by atoms with E-state index in [-0.39, 0.29) is 5.82 Å². The summed E-state index contributed by atoms with van der Waals surface area (Å²) in [5.41, 5.74) is 1.30. The molecule has 0 aliphatic rings. The van der Waals surface area contributed by atoms with E-state index in [4.69, 9.17) is 0 Å². The SMILES string of the molecule is Fc1ccc2cc([CH2][Ge]([c]3ccccc3)([c]3ccccc3)[c]3ccccc3)ccc2c1. The summed E-state index contributed by atoms with van der Waals surface area (Å²) in [6.07, 6.45) is 0. The molecule has 0 amide bonds. The molecule has 0 N–H and O–H groups in total. The molecule has 2 heteroatoms. The first-order valence-electron chi connectivity index (χ1n) is 10.6. The van der Waals surface area contributed by atoms with Crippen LogP contribution in [0.3, 0.4) is 0 Å². The van der Waals surface area contributed by atoms with Crippen molar-refractivity contribution in [2.24, 2.45) is 0 Å². The summed E-state index contributed by atoms with van der Waals surface area (Å²) in [5, 5.41) is 3.02. The number of hydrogen-bond donors (Lipinski definition) is 0. The fraction of sp³-hybridized carbons (Fsp3) is 0.0345. The van der Waals surface area contributed by atoms with Crippen LogP contribution in [0.4, 0.5) is 4.39 Å². The molecule has 0 radical (unpaired) electrons. The van der Waals surface area contributed by atoms with Crippen molar-refractivity contribution in [1.82, 2.24) is 0 Å². The Bertz CT molecular complexity index is 1200. The second kappa shape index (κ2) is 8.52. The zero-order valence-corrected chi connectivity index (χ0v) is 19.3. The predicted octanol–water partition coefficient (Wildman–Crippen LogP) is 5.23. The molecule has 5 aromatic rings. The third-order valence-corrected chi connectivity index (χ3v) is 16.4. The van der Waals surface area contributed by atoms with E-state index in [1.165, 1.54) is 18.8 Å². The molecule has 31 heavy (non-hydrogen) atoms. The Hall–Kier alpha value is -3.17. The summed E-state index contributed by atoms with van der Waals surface area (Å²) >= 11 is -3.04. The van der Waals surface area contributed by atoms with Gasteiger partial charge in [-0.3, -0.25) is 0 Å². The Morgan fingerprint density at radius 1 is 0.484 bits per heavy atom. The minimum absolute atomic E-state index is 0.190. The van der Waals surface area contributed by atoms with Crippen LogP contribution in [-0.2, 0) is 5.25 Å². The molecule has 0 saturated heterocycles. The van der Waals surface area contributed by atoms with Gasteiger partial charge in [0.25, 0.3) is 0 Å². The second-order valence-electron chi connectivity index (χ2n) is 8.01. The van der Waals surface area contributed by atoms with Crippen molar-refractivity contribution in [3.63, 3.8) is 0 Å². The van der Waals surface area contributed by atoms with Crippen LogP contribution in [0.15, 0.2) is 127 Å². The monoisotopic (exact) mass is 464 g/mol. The van der Waals surface area contributed by atoms with Crippen molar-refractivity contribution in [2.75, 3.05) is 0 Å². The molecular formula is C29H23FGe. The zero-order chi connectivity index (χ0) is 21.1. The van der Waals surface area contributed by atoms with Gasteiger partial charge in [-0.15, -0.1) is 0 Å². The van der Waals surface area contributed by atoms with Crippen molar-refractivity contribution in [3.05, 3.63) is 139 Å². The first kappa shape index (κ1) is 19.8. The topological polar surface area (TPSA) is 0 Å². The fourth-order valence-electron chi connectivity index (χ4n) is 4.66. The molecule has 0 saturated carbocycles. The van der Waals surface area contributed by atoms with Crippen LogP contribution in [0, 0.1) is 5.82 Å². The van der Waals surface area contributed by atoms with Crippen molar-refractivity contribution in [3.8, 4) is 0 Å². The Balaban J connectivity index is 1.75. The molecule has 0 aliphatic heterocycles. The molecule has 0 bridgehead atoms. The number of hydrogen-bond acceptors (Lipinski definition) is 0. The summed E-state index contributed by atoms with van der Waals surface area (Å²) < 4.78 is 18.0. The molecule has 0 nitrogen and oxygen atoms in total. The zero-order valence-electron chi connectivity index (χ0n) is 17.2. The molecule has 5 aromatic carbocycles.